The zero-order valence-corrected chi connectivity index (χ0v) is 11.0. The summed E-state index contributed by atoms with van der Waals surface area (Å²) in [5, 5.41) is 0. The van der Waals surface area contributed by atoms with Crippen LogP contribution in [0.2, 0.25) is 0 Å². The monoisotopic (exact) mass is 248 g/mol. The zero-order chi connectivity index (χ0) is 11.5. The van der Waals surface area contributed by atoms with E-state index >= 15 is 0 Å². The van der Waals surface area contributed by atoms with Gasteiger partial charge < -0.3 is 4.74 Å². The molecule has 3 rings (SSSR count). The molecule has 1 aromatic rings. The fourth-order valence-corrected chi connectivity index (χ4v) is 4.10. The molecule has 1 nitrogen and oxygen atoms in total. The molecular weight excluding hydrogens is 228 g/mol. The van der Waals surface area contributed by atoms with Crippen molar-refractivity contribution in [3.05, 3.63) is 30.3 Å². The van der Waals surface area contributed by atoms with Gasteiger partial charge in [-0.05, 0) is 43.7 Å². The summed E-state index contributed by atoms with van der Waals surface area (Å²) in [6.07, 6.45) is 8.61. The van der Waals surface area contributed by atoms with Crippen molar-refractivity contribution in [1.29, 1.82) is 0 Å². The van der Waals surface area contributed by atoms with E-state index in [1.54, 1.807) is 0 Å². The highest BCUT2D eigenvalue weighted by atomic mass is 32.2. The van der Waals surface area contributed by atoms with Crippen LogP contribution in [0.1, 0.15) is 38.5 Å². The summed E-state index contributed by atoms with van der Waals surface area (Å²) in [7, 11) is 0. The zero-order valence-electron chi connectivity index (χ0n) is 10.2. The smallest absolute Gasteiger partial charge is 0.108 e. The molecular formula is C15H20OS. The van der Waals surface area contributed by atoms with Crippen LogP contribution in [-0.2, 0) is 4.74 Å². The van der Waals surface area contributed by atoms with Gasteiger partial charge in [-0.2, -0.15) is 0 Å². The number of hydrogen-bond acceptors (Lipinski definition) is 2. The summed E-state index contributed by atoms with van der Waals surface area (Å²) in [5.74, 6) is 0.858. The highest BCUT2D eigenvalue weighted by Gasteiger charge is 2.33. The van der Waals surface area contributed by atoms with Crippen LogP contribution in [0, 0.1) is 5.92 Å². The minimum atomic E-state index is 0.386. The van der Waals surface area contributed by atoms with Gasteiger partial charge in [-0.1, -0.05) is 42.8 Å². The molecule has 1 aliphatic carbocycles. The van der Waals surface area contributed by atoms with E-state index in [1.807, 2.05) is 11.8 Å². The quantitative estimate of drug-likeness (QED) is 0.763. The number of benzene rings is 1. The number of thioether (sulfide) groups is 1. The Bertz CT molecular complexity index is 351. The molecule has 1 aliphatic heterocycles. The molecule has 92 valence electrons. The lowest BCUT2D eigenvalue weighted by Gasteiger charge is -2.39. The Labute approximate surface area is 108 Å². The Kier molecular flexibility index (Phi) is 3.72. The van der Waals surface area contributed by atoms with Crippen LogP contribution < -0.4 is 0 Å². The van der Waals surface area contributed by atoms with E-state index in [4.69, 9.17) is 4.74 Å². The van der Waals surface area contributed by atoms with Gasteiger partial charge in [0.1, 0.15) is 5.44 Å². The summed E-state index contributed by atoms with van der Waals surface area (Å²) in [4.78, 5) is 1.34. The predicted octanol–water partition coefficient (Wildman–Crippen LogP) is 4.47. The second kappa shape index (κ2) is 5.45. The molecule has 17 heavy (non-hydrogen) atoms. The third-order valence-corrected chi connectivity index (χ3v) is 5.10. The number of hydrogen-bond donors (Lipinski definition) is 0. The molecule has 2 fully saturated rings. The van der Waals surface area contributed by atoms with Gasteiger partial charge in [0.05, 0.1) is 6.10 Å². The Morgan fingerprint density at radius 2 is 1.76 bits per heavy atom. The average molecular weight is 248 g/mol. The van der Waals surface area contributed by atoms with Gasteiger partial charge in [-0.3, -0.25) is 0 Å². The van der Waals surface area contributed by atoms with Gasteiger partial charge in [0.25, 0.3) is 0 Å². The van der Waals surface area contributed by atoms with Crippen molar-refractivity contribution in [1.82, 2.24) is 0 Å². The van der Waals surface area contributed by atoms with E-state index in [0.29, 0.717) is 11.5 Å². The summed E-state index contributed by atoms with van der Waals surface area (Å²) >= 11 is 1.90. The van der Waals surface area contributed by atoms with Crippen LogP contribution >= 0.6 is 11.8 Å². The lowest BCUT2D eigenvalue weighted by atomic mass is 9.82. The molecule has 0 spiro atoms. The summed E-state index contributed by atoms with van der Waals surface area (Å²) in [6, 6.07) is 10.6. The second-order valence-electron chi connectivity index (χ2n) is 5.16. The van der Waals surface area contributed by atoms with E-state index in [1.165, 1.54) is 43.4 Å². The van der Waals surface area contributed by atoms with Crippen molar-refractivity contribution in [2.45, 2.75) is 55.0 Å². The fraction of sp³-hybridized carbons (Fsp3) is 0.600. The molecule has 0 N–H and O–H groups in total. The first-order valence-corrected chi connectivity index (χ1v) is 7.67. The van der Waals surface area contributed by atoms with E-state index in [-0.39, 0.29) is 0 Å². The molecule has 0 amide bonds. The SMILES string of the molecule is c1ccc(SC2CCC3CCCCC3O2)cc1. The first-order valence-electron chi connectivity index (χ1n) is 6.79. The molecule has 0 radical (unpaired) electrons. The molecule has 0 bridgehead atoms. The average Bonchev–Trinajstić information content (AvgIpc) is 2.40. The van der Waals surface area contributed by atoms with Crippen molar-refractivity contribution in [2.24, 2.45) is 5.92 Å². The van der Waals surface area contributed by atoms with Crippen molar-refractivity contribution in [3.63, 3.8) is 0 Å². The third-order valence-electron chi connectivity index (χ3n) is 3.95. The molecule has 3 atom stereocenters. The Morgan fingerprint density at radius 1 is 0.941 bits per heavy atom. The number of ether oxygens (including phenoxy) is 1. The topological polar surface area (TPSA) is 9.23 Å². The molecule has 1 saturated heterocycles. The highest BCUT2D eigenvalue weighted by Crippen LogP contribution is 2.40. The minimum Gasteiger partial charge on any atom is -0.364 e. The maximum Gasteiger partial charge on any atom is 0.108 e. The fourth-order valence-electron chi connectivity index (χ4n) is 3.03. The van der Waals surface area contributed by atoms with Crippen molar-refractivity contribution >= 4 is 11.8 Å². The van der Waals surface area contributed by atoms with Crippen LogP contribution in [0.25, 0.3) is 0 Å². The molecule has 3 unspecified atom stereocenters. The normalized spacial score (nSPS) is 33.1. The largest absolute Gasteiger partial charge is 0.364 e. The maximum atomic E-state index is 6.26. The van der Waals surface area contributed by atoms with Gasteiger partial charge in [0.15, 0.2) is 0 Å². The first-order chi connectivity index (χ1) is 8.42. The van der Waals surface area contributed by atoms with E-state index in [2.05, 4.69) is 30.3 Å². The van der Waals surface area contributed by atoms with Gasteiger partial charge >= 0.3 is 0 Å². The summed E-state index contributed by atoms with van der Waals surface area (Å²) in [5.41, 5.74) is 0.386. The molecule has 0 aromatic heterocycles. The lowest BCUT2D eigenvalue weighted by molar-refractivity contribution is -0.0623. The van der Waals surface area contributed by atoms with Gasteiger partial charge in [0.2, 0.25) is 0 Å². The Hall–Kier alpha value is -0.470. The van der Waals surface area contributed by atoms with Crippen molar-refractivity contribution < 1.29 is 4.74 Å². The van der Waals surface area contributed by atoms with Crippen molar-refractivity contribution in [3.8, 4) is 0 Å². The van der Waals surface area contributed by atoms with Gasteiger partial charge in [0, 0.05) is 4.90 Å². The summed E-state index contributed by atoms with van der Waals surface area (Å²) < 4.78 is 6.26. The van der Waals surface area contributed by atoms with Gasteiger partial charge in [-0.25, -0.2) is 0 Å². The third kappa shape index (κ3) is 2.86. The van der Waals surface area contributed by atoms with Crippen LogP contribution in [0.5, 0.6) is 0 Å². The molecule has 1 heterocycles. The molecule has 1 aromatic carbocycles. The van der Waals surface area contributed by atoms with Crippen molar-refractivity contribution in [2.75, 3.05) is 0 Å². The summed E-state index contributed by atoms with van der Waals surface area (Å²) in [6.45, 7) is 0. The Balaban J connectivity index is 1.59. The molecule has 1 saturated carbocycles. The second-order valence-corrected chi connectivity index (χ2v) is 6.39. The number of fused-ring (bicyclic) bond motifs is 1. The van der Waals surface area contributed by atoms with E-state index in [9.17, 15) is 0 Å². The first kappa shape index (κ1) is 11.6. The van der Waals surface area contributed by atoms with Crippen LogP contribution in [0.3, 0.4) is 0 Å². The maximum absolute atomic E-state index is 6.26. The molecule has 2 heteroatoms. The number of rotatable bonds is 2. The minimum absolute atomic E-state index is 0.386. The standard InChI is InChI=1S/C15H20OS/c1-2-7-13(8-3-1)17-15-11-10-12-6-4-5-9-14(12)16-15/h1-3,7-8,12,14-15H,4-6,9-11H2. The Morgan fingerprint density at radius 3 is 2.65 bits per heavy atom. The predicted molar refractivity (Wildman–Crippen MR) is 72.2 cm³/mol. The van der Waals surface area contributed by atoms with Crippen LogP contribution in [0.15, 0.2) is 35.2 Å². The van der Waals surface area contributed by atoms with Crippen LogP contribution in [-0.4, -0.2) is 11.5 Å². The lowest BCUT2D eigenvalue weighted by Crippen LogP contribution is -2.35. The molecule has 2 aliphatic rings. The van der Waals surface area contributed by atoms with E-state index < -0.39 is 0 Å². The van der Waals surface area contributed by atoms with Crippen LogP contribution in [0.4, 0.5) is 0 Å². The van der Waals surface area contributed by atoms with Gasteiger partial charge in [-0.15, -0.1) is 0 Å². The van der Waals surface area contributed by atoms with E-state index in [0.717, 1.165) is 5.92 Å². The highest BCUT2D eigenvalue weighted by molar-refractivity contribution is 7.99.